The molecule has 0 bridgehead atoms. The van der Waals surface area contributed by atoms with E-state index in [0.717, 1.165) is 19.4 Å². The van der Waals surface area contributed by atoms with Gasteiger partial charge in [-0.05, 0) is 19.4 Å². The van der Waals surface area contributed by atoms with Crippen molar-refractivity contribution >= 4 is 5.91 Å². The average Bonchev–Trinajstić information content (AvgIpc) is 2.62. The van der Waals surface area contributed by atoms with Gasteiger partial charge in [-0.2, -0.15) is 0 Å². The zero-order chi connectivity index (χ0) is 18.4. The minimum atomic E-state index is 0.103. The Morgan fingerprint density at radius 3 is 1.56 bits per heavy atom. The van der Waals surface area contributed by atoms with Gasteiger partial charge < -0.3 is 5.73 Å². The Kier molecular flexibility index (Phi) is 20.9. The van der Waals surface area contributed by atoms with Crippen LogP contribution in [0.25, 0.3) is 0 Å². The van der Waals surface area contributed by atoms with Gasteiger partial charge in [0.05, 0.1) is 0 Å². The van der Waals surface area contributed by atoms with Crippen LogP contribution in [-0.2, 0) is 4.79 Å². The van der Waals surface area contributed by atoms with Crippen LogP contribution in [0.1, 0.15) is 116 Å². The van der Waals surface area contributed by atoms with E-state index in [9.17, 15) is 4.79 Å². The number of amides is 1. The van der Waals surface area contributed by atoms with Gasteiger partial charge >= 0.3 is 0 Å². The molecular formula is C21H45N3O. The summed E-state index contributed by atoms with van der Waals surface area (Å²) in [5, 5.41) is 0. The van der Waals surface area contributed by atoms with E-state index in [-0.39, 0.29) is 5.91 Å². The Morgan fingerprint density at radius 2 is 1.12 bits per heavy atom. The first-order valence-corrected chi connectivity index (χ1v) is 11.0. The van der Waals surface area contributed by atoms with Crippen LogP contribution < -0.4 is 16.6 Å². The highest BCUT2D eigenvalue weighted by Gasteiger charge is 2.00. The molecule has 0 rings (SSSR count). The SMILES string of the molecule is CCCCCCCCCCCCCCCCCC(=O)NNCCCN. The predicted octanol–water partition coefficient (Wildman–Crippen LogP) is 5.22. The second-order valence-electron chi connectivity index (χ2n) is 7.32. The summed E-state index contributed by atoms with van der Waals surface area (Å²) in [6, 6.07) is 0. The van der Waals surface area contributed by atoms with Crippen LogP contribution in [0.15, 0.2) is 0 Å². The van der Waals surface area contributed by atoms with Crippen molar-refractivity contribution in [1.82, 2.24) is 10.9 Å². The summed E-state index contributed by atoms with van der Waals surface area (Å²) in [5.74, 6) is 0.103. The maximum absolute atomic E-state index is 11.5. The van der Waals surface area contributed by atoms with Crippen molar-refractivity contribution in [2.24, 2.45) is 5.73 Å². The first-order valence-electron chi connectivity index (χ1n) is 11.0. The van der Waals surface area contributed by atoms with Crippen LogP contribution in [0.5, 0.6) is 0 Å². The molecule has 0 saturated carbocycles. The van der Waals surface area contributed by atoms with Crippen molar-refractivity contribution in [3.8, 4) is 0 Å². The van der Waals surface area contributed by atoms with Crippen LogP contribution in [0.3, 0.4) is 0 Å². The first-order chi connectivity index (χ1) is 12.3. The highest BCUT2D eigenvalue weighted by atomic mass is 16.2. The molecule has 0 heterocycles. The van der Waals surface area contributed by atoms with Crippen LogP contribution in [-0.4, -0.2) is 19.0 Å². The number of carbonyl (C=O) groups is 1. The summed E-state index contributed by atoms with van der Waals surface area (Å²) in [6.07, 6.45) is 21.8. The average molecular weight is 356 g/mol. The summed E-state index contributed by atoms with van der Waals surface area (Å²) in [4.78, 5) is 11.5. The fourth-order valence-corrected chi connectivity index (χ4v) is 3.07. The monoisotopic (exact) mass is 355 g/mol. The van der Waals surface area contributed by atoms with E-state index in [2.05, 4.69) is 17.8 Å². The molecule has 0 aromatic heterocycles. The fraction of sp³-hybridized carbons (Fsp3) is 0.952. The molecule has 0 fully saturated rings. The van der Waals surface area contributed by atoms with Gasteiger partial charge in [0.25, 0.3) is 0 Å². The van der Waals surface area contributed by atoms with Gasteiger partial charge in [-0.3, -0.25) is 10.2 Å². The van der Waals surface area contributed by atoms with E-state index in [1.54, 1.807) is 0 Å². The van der Waals surface area contributed by atoms with E-state index in [1.807, 2.05) is 0 Å². The lowest BCUT2D eigenvalue weighted by Gasteiger charge is -2.06. The second kappa shape index (κ2) is 21.4. The summed E-state index contributed by atoms with van der Waals surface area (Å²) >= 11 is 0. The standard InChI is InChI=1S/C21H45N3O/c1-2-3-4-5-6-7-8-9-10-11-12-13-14-15-16-18-21(25)24-23-20-17-19-22/h23H,2-20,22H2,1H3,(H,24,25). The molecule has 0 atom stereocenters. The lowest BCUT2D eigenvalue weighted by atomic mass is 10.0. The number of nitrogens with one attached hydrogen (secondary N) is 2. The number of rotatable bonds is 20. The smallest absolute Gasteiger partial charge is 0.234 e. The van der Waals surface area contributed by atoms with Gasteiger partial charge in [0.15, 0.2) is 0 Å². The number of nitrogens with two attached hydrogens (primary N) is 1. The van der Waals surface area contributed by atoms with Crippen molar-refractivity contribution in [2.45, 2.75) is 116 Å². The predicted molar refractivity (Wildman–Crippen MR) is 109 cm³/mol. The summed E-state index contributed by atoms with van der Waals surface area (Å²) in [7, 11) is 0. The van der Waals surface area contributed by atoms with Gasteiger partial charge in [0.2, 0.25) is 5.91 Å². The van der Waals surface area contributed by atoms with Crippen molar-refractivity contribution in [3.05, 3.63) is 0 Å². The van der Waals surface area contributed by atoms with Gasteiger partial charge in [-0.1, -0.05) is 96.8 Å². The molecule has 25 heavy (non-hydrogen) atoms. The third kappa shape index (κ3) is 21.3. The van der Waals surface area contributed by atoms with Crippen molar-refractivity contribution in [2.75, 3.05) is 13.1 Å². The quantitative estimate of drug-likeness (QED) is 0.207. The van der Waals surface area contributed by atoms with Gasteiger partial charge in [0, 0.05) is 13.0 Å². The molecule has 4 heteroatoms. The highest BCUT2D eigenvalue weighted by Crippen LogP contribution is 2.13. The topological polar surface area (TPSA) is 67.2 Å². The van der Waals surface area contributed by atoms with E-state index >= 15 is 0 Å². The maximum Gasteiger partial charge on any atom is 0.234 e. The number of carbonyl (C=O) groups excluding carboxylic acids is 1. The van der Waals surface area contributed by atoms with Gasteiger partial charge in [-0.15, -0.1) is 0 Å². The van der Waals surface area contributed by atoms with Crippen LogP contribution >= 0.6 is 0 Å². The van der Waals surface area contributed by atoms with E-state index in [4.69, 9.17) is 5.73 Å². The fourth-order valence-electron chi connectivity index (χ4n) is 3.07. The van der Waals surface area contributed by atoms with Crippen molar-refractivity contribution in [3.63, 3.8) is 0 Å². The first kappa shape index (κ1) is 24.4. The lowest BCUT2D eigenvalue weighted by Crippen LogP contribution is -2.38. The molecule has 0 aromatic carbocycles. The minimum Gasteiger partial charge on any atom is -0.330 e. The Balaban J connectivity index is 3.08. The highest BCUT2D eigenvalue weighted by molar-refractivity contribution is 5.75. The summed E-state index contributed by atoms with van der Waals surface area (Å²) in [5.41, 5.74) is 11.0. The number of hydrogen-bond acceptors (Lipinski definition) is 3. The lowest BCUT2D eigenvalue weighted by molar-refractivity contribution is -0.122. The molecule has 0 radical (unpaired) electrons. The van der Waals surface area contributed by atoms with Crippen LogP contribution in [0, 0.1) is 0 Å². The molecule has 4 nitrogen and oxygen atoms in total. The molecule has 0 aliphatic heterocycles. The van der Waals surface area contributed by atoms with E-state index in [0.29, 0.717) is 13.0 Å². The van der Waals surface area contributed by atoms with Gasteiger partial charge in [0.1, 0.15) is 0 Å². The largest absolute Gasteiger partial charge is 0.330 e. The maximum atomic E-state index is 11.5. The molecule has 150 valence electrons. The third-order valence-electron chi connectivity index (χ3n) is 4.74. The van der Waals surface area contributed by atoms with Crippen LogP contribution in [0.2, 0.25) is 0 Å². The molecule has 4 N–H and O–H groups in total. The Labute approximate surface area is 157 Å². The number of hydrogen-bond donors (Lipinski definition) is 3. The number of hydrazine groups is 1. The molecule has 0 saturated heterocycles. The molecule has 0 unspecified atom stereocenters. The number of unbranched alkanes of at least 4 members (excludes halogenated alkanes) is 14. The molecule has 1 amide bonds. The Morgan fingerprint density at radius 1 is 0.680 bits per heavy atom. The third-order valence-corrected chi connectivity index (χ3v) is 4.74. The molecule has 0 aliphatic rings. The normalized spacial score (nSPS) is 11.0. The zero-order valence-electron chi connectivity index (χ0n) is 16.9. The van der Waals surface area contributed by atoms with Crippen molar-refractivity contribution in [1.29, 1.82) is 0 Å². The zero-order valence-corrected chi connectivity index (χ0v) is 16.9. The Hall–Kier alpha value is -0.610. The summed E-state index contributed by atoms with van der Waals surface area (Å²) < 4.78 is 0. The van der Waals surface area contributed by atoms with Gasteiger partial charge in [-0.25, -0.2) is 5.43 Å². The van der Waals surface area contributed by atoms with Crippen LogP contribution in [0.4, 0.5) is 0 Å². The minimum absolute atomic E-state index is 0.103. The molecule has 0 spiro atoms. The molecule has 0 aliphatic carbocycles. The Bertz CT molecular complexity index is 272. The second-order valence-corrected chi connectivity index (χ2v) is 7.32. The summed E-state index contributed by atoms with van der Waals surface area (Å²) in [6.45, 7) is 3.68. The van der Waals surface area contributed by atoms with Crippen molar-refractivity contribution < 1.29 is 4.79 Å². The molecule has 0 aromatic rings. The van der Waals surface area contributed by atoms with E-state index in [1.165, 1.54) is 89.9 Å². The van der Waals surface area contributed by atoms with E-state index < -0.39 is 0 Å². The molecular weight excluding hydrogens is 310 g/mol.